The zero-order valence-electron chi connectivity index (χ0n) is 23.3. The van der Waals surface area contributed by atoms with Gasteiger partial charge in [0.1, 0.15) is 16.7 Å². The third kappa shape index (κ3) is 3.89. The van der Waals surface area contributed by atoms with Crippen molar-refractivity contribution in [3.8, 4) is 45.6 Å². The first-order valence-electron chi connectivity index (χ1n) is 14.4. The van der Waals surface area contributed by atoms with Crippen molar-refractivity contribution in [2.24, 2.45) is 0 Å². The molecular formula is C38H22N4O2. The fraction of sp³-hybridized carbons (Fsp3) is 0. The molecule has 6 aromatic carbocycles. The highest BCUT2D eigenvalue weighted by atomic mass is 16.3. The fourth-order valence-corrected chi connectivity index (χ4v) is 5.92. The van der Waals surface area contributed by atoms with Crippen molar-refractivity contribution in [3.63, 3.8) is 0 Å². The molecule has 3 aromatic heterocycles. The number of hydrogen-bond acceptors (Lipinski definition) is 6. The van der Waals surface area contributed by atoms with Crippen LogP contribution in [0.1, 0.15) is 0 Å². The van der Waals surface area contributed by atoms with Gasteiger partial charge < -0.3 is 8.83 Å². The topological polar surface area (TPSA) is 77.8 Å². The molecule has 206 valence electrons. The quantitative estimate of drug-likeness (QED) is 0.211. The lowest BCUT2D eigenvalue weighted by molar-refractivity contribution is 0.623. The van der Waals surface area contributed by atoms with Crippen LogP contribution >= 0.6 is 0 Å². The van der Waals surface area contributed by atoms with E-state index < -0.39 is 0 Å². The molecule has 0 aliphatic rings. The minimum atomic E-state index is 0.550. The van der Waals surface area contributed by atoms with Gasteiger partial charge >= 0.3 is 0 Å². The second kappa shape index (κ2) is 9.71. The van der Waals surface area contributed by atoms with Crippen molar-refractivity contribution in [1.29, 1.82) is 0 Å². The van der Waals surface area contributed by atoms with E-state index in [1.807, 2.05) is 121 Å². The van der Waals surface area contributed by atoms with Crippen LogP contribution in [0.2, 0.25) is 0 Å². The highest BCUT2D eigenvalue weighted by molar-refractivity contribution is 6.27. The molecule has 3 heterocycles. The Hall–Kier alpha value is -6.14. The number of benzene rings is 6. The summed E-state index contributed by atoms with van der Waals surface area (Å²) in [7, 11) is 0. The third-order valence-electron chi connectivity index (χ3n) is 7.96. The Morgan fingerprint density at radius 3 is 1.68 bits per heavy atom. The normalized spacial score (nSPS) is 11.6. The fourth-order valence-electron chi connectivity index (χ4n) is 5.92. The Morgan fingerprint density at radius 2 is 1.00 bits per heavy atom. The number of oxazole rings is 1. The second-order valence-electron chi connectivity index (χ2n) is 10.7. The van der Waals surface area contributed by atoms with E-state index in [9.17, 15) is 0 Å². The van der Waals surface area contributed by atoms with E-state index in [4.69, 9.17) is 28.8 Å². The van der Waals surface area contributed by atoms with E-state index in [1.165, 1.54) is 0 Å². The van der Waals surface area contributed by atoms with E-state index in [0.717, 1.165) is 55.0 Å². The number of hydrogen-bond donors (Lipinski definition) is 0. The van der Waals surface area contributed by atoms with Crippen LogP contribution in [0.4, 0.5) is 0 Å². The molecule has 9 aromatic rings. The molecule has 0 spiro atoms. The number of para-hydroxylation sites is 1. The summed E-state index contributed by atoms with van der Waals surface area (Å²) >= 11 is 0. The molecule has 0 amide bonds. The molecule has 0 saturated carbocycles. The van der Waals surface area contributed by atoms with Crippen LogP contribution in [0.25, 0.3) is 89.4 Å². The van der Waals surface area contributed by atoms with Crippen molar-refractivity contribution < 1.29 is 8.83 Å². The van der Waals surface area contributed by atoms with Gasteiger partial charge in [-0.3, -0.25) is 0 Å². The van der Waals surface area contributed by atoms with Crippen molar-refractivity contribution in [1.82, 2.24) is 19.9 Å². The van der Waals surface area contributed by atoms with Crippen LogP contribution in [0.5, 0.6) is 0 Å². The van der Waals surface area contributed by atoms with Gasteiger partial charge in [-0.25, -0.2) is 19.9 Å². The Kier molecular flexibility index (Phi) is 5.40. The summed E-state index contributed by atoms with van der Waals surface area (Å²) in [6, 6.07) is 44.1. The maximum atomic E-state index is 6.56. The first-order chi connectivity index (χ1) is 21.8. The van der Waals surface area contributed by atoms with Crippen LogP contribution in [-0.2, 0) is 0 Å². The highest BCUT2D eigenvalue weighted by Gasteiger charge is 2.22. The van der Waals surface area contributed by atoms with Gasteiger partial charge in [0.15, 0.2) is 23.1 Å². The summed E-state index contributed by atoms with van der Waals surface area (Å²) in [6.45, 7) is 0. The van der Waals surface area contributed by atoms with Gasteiger partial charge in [0.2, 0.25) is 5.89 Å². The maximum absolute atomic E-state index is 6.56. The van der Waals surface area contributed by atoms with E-state index in [1.54, 1.807) is 0 Å². The summed E-state index contributed by atoms with van der Waals surface area (Å²) in [5.74, 6) is 2.31. The van der Waals surface area contributed by atoms with Crippen molar-refractivity contribution >= 4 is 43.8 Å². The van der Waals surface area contributed by atoms with E-state index in [0.29, 0.717) is 34.5 Å². The van der Waals surface area contributed by atoms with E-state index in [2.05, 4.69) is 12.1 Å². The lowest BCUT2D eigenvalue weighted by atomic mass is 9.98. The minimum Gasteiger partial charge on any atom is -0.456 e. The Morgan fingerprint density at radius 1 is 0.409 bits per heavy atom. The van der Waals surface area contributed by atoms with E-state index >= 15 is 0 Å². The number of fused-ring (bicyclic) bond motifs is 7. The Labute approximate surface area is 251 Å². The number of aromatic nitrogens is 4. The molecule has 0 saturated heterocycles. The standard InChI is InChI=1S/C38H22N4O2/c1-4-12-23(13-5-1)35-40-36(24-14-6-2-7-15-24)42-37(41-35)28-22-29-34(44-38(39-29)25-16-8-3-9-17-25)33-26(28)20-21-31-32(33)27-18-10-11-19-30(27)43-31/h1-22H. The molecule has 0 fully saturated rings. The van der Waals surface area contributed by atoms with Gasteiger partial charge in [0.25, 0.3) is 0 Å². The molecule has 6 heteroatoms. The number of rotatable bonds is 4. The summed E-state index contributed by atoms with van der Waals surface area (Å²) in [5, 5.41) is 3.84. The lowest BCUT2D eigenvalue weighted by Crippen LogP contribution is -2.00. The molecule has 6 nitrogen and oxygen atoms in total. The predicted molar refractivity (Wildman–Crippen MR) is 174 cm³/mol. The van der Waals surface area contributed by atoms with Crippen molar-refractivity contribution in [2.75, 3.05) is 0 Å². The van der Waals surface area contributed by atoms with Gasteiger partial charge in [-0.2, -0.15) is 0 Å². The SMILES string of the molecule is c1ccc(-c2nc(-c3ccccc3)nc(-c3cc4nc(-c5ccccc5)oc4c4c3ccc3oc5ccccc5c34)n2)cc1. The van der Waals surface area contributed by atoms with Crippen molar-refractivity contribution in [3.05, 3.63) is 133 Å². The molecule has 0 atom stereocenters. The largest absolute Gasteiger partial charge is 0.456 e. The van der Waals surface area contributed by atoms with Crippen LogP contribution in [0.3, 0.4) is 0 Å². The number of furan rings is 1. The third-order valence-corrected chi connectivity index (χ3v) is 7.96. The highest BCUT2D eigenvalue weighted by Crippen LogP contribution is 2.43. The maximum Gasteiger partial charge on any atom is 0.227 e. The average molecular weight is 567 g/mol. The van der Waals surface area contributed by atoms with Gasteiger partial charge in [-0.05, 0) is 41.8 Å². The Balaban J connectivity index is 1.41. The smallest absolute Gasteiger partial charge is 0.227 e. The summed E-state index contributed by atoms with van der Waals surface area (Å²) in [5.41, 5.74) is 6.57. The van der Waals surface area contributed by atoms with Crippen LogP contribution in [0, 0.1) is 0 Å². The lowest BCUT2D eigenvalue weighted by Gasteiger charge is -2.11. The van der Waals surface area contributed by atoms with Crippen molar-refractivity contribution in [2.45, 2.75) is 0 Å². The van der Waals surface area contributed by atoms with Gasteiger partial charge in [-0.15, -0.1) is 0 Å². The van der Waals surface area contributed by atoms with Gasteiger partial charge in [0, 0.05) is 38.4 Å². The molecule has 0 N–H and O–H groups in total. The minimum absolute atomic E-state index is 0.550. The zero-order valence-corrected chi connectivity index (χ0v) is 23.3. The monoisotopic (exact) mass is 566 g/mol. The van der Waals surface area contributed by atoms with E-state index in [-0.39, 0.29) is 0 Å². The molecule has 0 aliphatic carbocycles. The molecule has 44 heavy (non-hydrogen) atoms. The van der Waals surface area contributed by atoms with Crippen LogP contribution in [0.15, 0.2) is 142 Å². The molecule has 0 bridgehead atoms. The molecular weight excluding hydrogens is 544 g/mol. The molecule has 0 unspecified atom stereocenters. The zero-order chi connectivity index (χ0) is 29.0. The number of nitrogens with zero attached hydrogens (tertiary/aromatic N) is 4. The molecule has 0 radical (unpaired) electrons. The van der Waals surface area contributed by atoms with Gasteiger partial charge in [-0.1, -0.05) is 97.1 Å². The Bertz CT molecular complexity index is 2430. The molecule has 9 rings (SSSR count). The molecule has 0 aliphatic heterocycles. The van der Waals surface area contributed by atoms with Crippen LogP contribution in [-0.4, -0.2) is 19.9 Å². The van der Waals surface area contributed by atoms with Gasteiger partial charge in [0.05, 0.1) is 0 Å². The van der Waals surface area contributed by atoms with Crippen LogP contribution < -0.4 is 0 Å². The first-order valence-corrected chi connectivity index (χ1v) is 14.4. The predicted octanol–water partition coefficient (Wildman–Crippen LogP) is 9.73. The summed E-state index contributed by atoms with van der Waals surface area (Å²) < 4.78 is 12.9. The second-order valence-corrected chi connectivity index (χ2v) is 10.7. The average Bonchev–Trinajstić information content (AvgIpc) is 3.71. The first kappa shape index (κ1) is 24.5. The summed E-state index contributed by atoms with van der Waals surface area (Å²) in [6.07, 6.45) is 0. The summed E-state index contributed by atoms with van der Waals surface area (Å²) in [4.78, 5) is 20.0.